The number of carbonyl (C=O) groups is 1. The number of aromatic amines is 2. The lowest BCUT2D eigenvalue weighted by Gasteiger charge is -2.34. The average Bonchev–Trinajstić information content (AvgIpc) is 3.47. The maximum absolute atomic E-state index is 13.5. The molecule has 0 unspecified atom stereocenters. The first-order valence-electron chi connectivity index (χ1n) is 10.2. The zero-order chi connectivity index (χ0) is 22.4. The Morgan fingerprint density at radius 3 is 2.47 bits per heavy atom. The van der Waals surface area contributed by atoms with Crippen molar-refractivity contribution in [3.8, 4) is 17.2 Å². The van der Waals surface area contributed by atoms with Gasteiger partial charge in [-0.15, -0.1) is 11.3 Å². The molecule has 2 aliphatic rings. The molecule has 1 aliphatic heterocycles. The molecule has 166 valence electrons. The highest BCUT2D eigenvalue weighted by Gasteiger charge is 2.42. The molecule has 0 amide bonds. The van der Waals surface area contributed by atoms with Gasteiger partial charge in [0, 0.05) is 34.0 Å². The molecule has 3 heterocycles. The molecule has 32 heavy (non-hydrogen) atoms. The number of carbonyl (C=O) groups excluding carboxylic acids is 1. The summed E-state index contributed by atoms with van der Waals surface area (Å²) in [5.74, 6) is 1.45. The van der Waals surface area contributed by atoms with E-state index in [2.05, 4.69) is 21.6 Å². The fraction of sp³-hybridized carbons (Fsp3) is 0.304. The van der Waals surface area contributed by atoms with E-state index >= 15 is 0 Å². The van der Waals surface area contributed by atoms with Gasteiger partial charge >= 0.3 is 0 Å². The average molecular weight is 454 g/mol. The van der Waals surface area contributed by atoms with Gasteiger partial charge in [-0.3, -0.25) is 19.8 Å². The number of methoxy groups -OCH3 is 3. The highest BCUT2D eigenvalue weighted by molar-refractivity contribution is 7.10. The van der Waals surface area contributed by atoms with Gasteiger partial charge in [-0.1, -0.05) is 12.1 Å². The summed E-state index contributed by atoms with van der Waals surface area (Å²) in [5, 5.41) is 10.9. The highest BCUT2D eigenvalue weighted by Crippen LogP contribution is 2.51. The van der Waals surface area contributed by atoms with Gasteiger partial charge in [0.05, 0.1) is 32.8 Å². The Labute approximate surface area is 188 Å². The monoisotopic (exact) mass is 453 g/mol. The molecule has 2 aromatic heterocycles. The molecule has 3 N–H and O–H groups in total. The third-order valence-corrected chi connectivity index (χ3v) is 7.20. The number of Topliss-reactive ketones (excluding diaryl/α,β-unsaturated/α-hetero) is 1. The van der Waals surface area contributed by atoms with Crippen LogP contribution in [-0.2, 0) is 4.79 Å². The van der Waals surface area contributed by atoms with Crippen LogP contribution in [0.15, 0.2) is 45.7 Å². The zero-order valence-electron chi connectivity index (χ0n) is 17.9. The Bertz CT molecular complexity index is 1270. The van der Waals surface area contributed by atoms with Crippen LogP contribution in [0.25, 0.3) is 0 Å². The van der Waals surface area contributed by atoms with E-state index in [1.807, 2.05) is 17.5 Å². The number of benzene rings is 1. The largest absolute Gasteiger partial charge is 0.493 e. The molecule has 0 saturated carbocycles. The van der Waals surface area contributed by atoms with E-state index < -0.39 is 5.92 Å². The van der Waals surface area contributed by atoms with Gasteiger partial charge in [0.1, 0.15) is 5.82 Å². The van der Waals surface area contributed by atoms with Gasteiger partial charge in [-0.05, 0) is 23.9 Å². The third-order valence-electron chi connectivity index (χ3n) is 6.17. The maximum atomic E-state index is 13.5. The van der Waals surface area contributed by atoms with Crippen LogP contribution in [0.5, 0.6) is 17.2 Å². The number of allylic oxidation sites excluding steroid dienone is 2. The van der Waals surface area contributed by atoms with E-state index in [1.165, 1.54) is 19.1 Å². The van der Waals surface area contributed by atoms with Gasteiger partial charge in [0.2, 0.25) is 5.75 Å². The number of ketones is 1. The van der Waals surface area contributed by atoms with Crippen LogP contribution < -0.4 is 25.1 Å². The van der Waals surface area contributed by atoms with E-state index in [0.717, 1.165) is 5.70 Å². The summed E-state index contributed by atoms with van der Waals surface area (Å²) in [4.78, 5) is 27.5. The van der Waals surface area contributed by atoms with Crippen molar-refractivity contribution < 1.29 is 19.0 Å². The normalized spacial score (nSPS) is 19.8. The summed E-state index contributed by atoms with van der Waals surface area (Å²) >= 11 is 1.66. The first kappa shape index (κ1) is 20.4. The van der Waals surface area contributed by atoms with Gasteiger partial charge in [-0.25, -0.2) is 0 Å². The Morgan fingerprint density at radius 2 is 1.78 bits per heavy atom. The summed E-state index contributed by atoms with van der Waals surface area (Å²) in [6.07, 6.45) is 1.07. The SMILES string of the molecule is COc1ccc([C@H]2C3=C(C[C@H](c4cccs4)CC3=O)Nc3[nH][nH]c(=O)c32)c(OC)c1OC. The van der Waals surface area contributed by atoms with Crippen LogP contribution in [0.3, 0.4) is 0 Å². The van der Waals surface area contributed by atoms with Crippen molar-refractivity contribution in [3.05, 3.63) is 67.3 Å². The van der Waals surface area contributed by atoms with Crippen molar-refractivity contribution in [2.24, 2.45) is 0 Å². The van der Waals surface area contributed by atoms with Crippen LogP contribution in [0.4, 0.5) is 5.82 Å². The third kappa shape index (κ3) is 3.03. The van der Waals surface area contributed by atoms with Crippen molar-refractivity contribution >= 4 is 22.9 Å². The van der Waals surface area contributed by atoms with Gasteiger partial charge in [-0.2, -0.15) is 0 Å². The molecule has 1 aromatic carbocycles. The molecule has 0 fully saturated rings. The number of fused-ring (bicyclic) bond motifs is 1. The molecular weight excluding hydrogens is 430 g/mol. The molecular formula is C23H23N3O5S. The van der Waals surface area contributed by atoms with E-state index in [1.54, 1.807) is 24.5 Å². The van der Waals surface area contributed by atoms with Crippen molar-refractivity contribution in [2.45, 2.75) is 24.7 Å². The minimum Gasteiger partial charge on any atom is -0.493 e. The molecule has 0 bridgehead atoms. The fourth-order valence-corrected chi connectivity index (χ4v) is 5.64. The van der Waals surface area contributed by atoms with Crippen molar-refractivity contribution in [1.29, 1.82) is 0 Å². The minimum absolute atomic E-state index is 0.0187. The molecule has 0 spiro atoms. The first-order valence-corrected chi connectivity index (χ1v) is 11.1. The number of anilines is 1. The molecule has 3 aromatic rings. The van der Waals surface area contributed by atoms with E-state index in [9.17, 15) is 9.59 Å². The van der Waals surface area contributed by atoms with Crippen LogP contribution in [-0.4, -0.2) is 37.3 Å². The van der Waals surface area contributed by atoms with Crippen molar-refractivity contribution in [2.75, 3.05) is 26.6 Å². The zero-order valence-corrected chi connectivity index (χ0v) is 18.7. The van der Waals surface area contributed by atoms with Crippen molar-refractivity contribution in [3.63, 3.8) is 0 Å². The summed E-state index contributed by atoms with van der Waals surface area (Å²) in [5.41, 5.74) is 2.27. The summed E-state index contributed by atoms with van der Waals surface area (Å²) in [6, 6.07) is 7.66. The summed E-state index contributed by atoms with van der Waals surface area (Å²) in [7, 11) is 4.62. The number of hydrogen-bond donors (Lipinski definition) is 3. The lowest BCUT2D eigenvalue weighted by molar-refractivity contribution is -0.116. The summed E-state index contributed by atoms with van der Waals surface area (Å²) in [6.45, 7) is 0. The number of hydrogen-bond acceptors (Lipinski definition) is 7. The van der Waals surface area contributed by atoms with Crippen LogP contribution in [0.2, 0.25) is 0 Å². The minimum atomic E-state index is -0.595. The van der Waals surface area contributed by atoms with Gasteiger partial charge < -0.3 is 19.5 Å². The number of rotatable bonds is 5. The predicted octanol–water partition coefficient (Wildman–Crippen LogP) is 3.75. The number of aromatic nitrogens is 2. The number of nitrogens with one attached hydrogen (secondary N) is 3. The Kier molecular flexibility index (Phi) is 5.05. The molecule has 1 aliphatic carbocycles. The number of ether oxygens (including phenoxy) is 3. The topological polar surface area (TPSA) is 105 Å². The molecule has 0 radical (unpaired) electrons. The molecule has 9 heteroatoms. The molecule has 8 nitrogen and oxygen atoms in total. The van der Waals surface area contributed by atoms with E-state index in [0.29, 0.717) is 52.6 Å². The van der Waals surface area contributed by atoms with Crippen LogP contribution >= 0.6 is 11.3 Å². The lowest BCUT2D eigenvalue weighted by atomic mass is 9.73. The first-order chi connectivity index (χ1) is 15.6. The Hall–Kier alpha value is -3.46. The maximum Gasteiger partial charge on any atom is 0.270 e. The van der Waals surface area contributed by atoms with Crippen LogP contribution in [0.1, 0.15) is 40.7 Å². The lowest BCUT2D eigenvalue weighted by Crippen LogP contribution is -2.31. The molecule has 5 rings (SSSR count). The fourth-order valence-electron chi connectivity index (χ4n) is 4.81. The second-order valence-electron chi connectivity index (χ2n) is 7.79. The second-order valence-corrected chi connectivity index (χ2v) is 8.76. The van der Waals surface area contributed by atoms with Gasteiger partial charge in [0.15, 0.2) is 17.3 Å². The molecule has 2 atom stereocenters. The Balaban J connectivity index is 1.71. The van der Waals surface area contributed by atoms with Gasteiger partial charge in [0.25, 0.3) is 5.56 Å². The highest BCUT2D eigenvalue weighted by atomic mass is 32.1. The Morgan fingerprint density at radius 1 is 0.969 bits per heavy atom. The standard InChI is InChI=1S/C23H23N3O5S/c1-29-15-7-6-12(20(30-2)21(15)31-3)17-18-13(24-22-19(17)23(28)26-25-22)9-11(10-14(18)27)16-5-4-8-32-16/h4-8,11,17H,9-10H2,1-3H3,(H3,24,25,26,28)/t11-,17-/m0/s1. The number of thiophene rings is 1. The second kappa shape index (κ2) is 7.90. The van der Waals surface area contributed by atoms with E-state index in [-0.39, 0.29) is 17.3 Å². The van der Waals surface area contributed by atoms with Crippen LogP contribution in [0, 0.1) is 0 Å². The van der Waals surface area contributed by atoms with Crippen molar-refractivity contribution in [1.82, 2.24) is 10.2 Å². The predicted molar refractivity (Wildman–Crippen MR) is 121 cm³/mol. The number of H-pyrrole nitrogens is 2. The van der Waals surface area contributed by atoms with E-state index in [4.69, 9.17) is 14.2 Å². The quantitative estimate of drug-likeness (QED) is 0.543. The summed E-state index contributed by atoms with van der Waals surface area (Å²) < 4.78 is 16.7. The smallest absolute Gasteiger partial charge is 0.270 e. The molecule has 0 saturated heterocycles.